The molecule has 0 spiro atoms. The van der Waals surface area contributed by atoms with Gasteiger partial charge in [-0.2, -0.15) is 0 Å². The maximum Gasteiger partial charge on any atom is 0.266 e. The highest BCUT2D eigenvalue weighted by atomic mass is 32.2. The number of thiocarbonyl (C=S) groups is 1. The summed E-state index contributed by atoms with van der Waals surface area (Å²) in [5.41, 5.74) is 0.801. The Kier molecular flexibility index (Phi) is 5.99. The Hall–Kier alpha value is -1.28. The molecule has 0 atom stereocenters. The minimum atomic E-state index is -0.287. The number of hydrogen-bond acceptors (Lipinski definition) is 4. The van der Waals surface area contributed by atoms with E-state index < -0.39 is 0 Å². The van der Waals surface area contributed by atoms with Gasteiger partial charge in [-0.1, -0.05) is 36.1 Å². The van der Waals surface area contributed by atoms with Crippen LogP contribution in [-0.2, 0) is 9.53 Å². The summed E-state index contributed by atoms with van der Waals surface area (Å²) in [7, 11) is 0. The Morgan fingerprint density at radius 2 is 2.00 bits per heavy atom. The first kappa shape index (κ1) is 17.5. The fourth-order valence-electron chi connectivity index (χ4n) is 2.80. The van der Waals surface area contributed by atoms with Crippen molar-refractivity contribution in [2.45, 2.75) is 6.42 Å². The number of morpholine rings is 1. The molecule has 0 aliphatic carbocycles. The summed E-state index contributed by atoms with van der Waals surface area (Å²) in [6.07, 6.45) is 2.69. The van der Waals surface area contributed by atoms with Crippen LogP contribution >= 0.6 is 24.0 Å². The zero-order chi connectivity index (χ0) is 16.9. The fourth-order valence-corrected chi connectivity index (χ4v) is 4.11. The van der Waals surface area contributed by atoms with Crippen LogP contribution in [0.1, 0.15) is 12.0 Å². The average Bonchev–Trinajstić information content (AvgIpc) is 2.85. The normalized spacial score (nSPS) is 21.0. The summed E-state index contributed by atoms with van der Waals surface area (Å²) in [6, 6.07) is 6.09. The third-order valence-corrected chi connectivity index (χ3v) is 5.53. The minimum Gasteiger partial charge on any atom is -0.370 e. The molecule has 2 heterocycles. The molecule has 2 aliphatic heterocycles. The van der Waals surface area contributed by atoms with Crippen molar-refractivity contribution in [1.82, 2.24) is 4.90 Å². The highest BCUT2D eigenvalue weighted by molar-refractivity contribution is 8.26. The number of carbonyl (C=O) groups excluding carboxylic acids is 1. The Morgan fingerprint density at radius 3 is 2.71 bits per heavy atom. The molecule has 2 fully saturated rings. The molecule has 7 heteroatoms. The van der Waals surface area contributed by atoms with Crippen molar-refractivity contribution < 1.29 is 18.8 Å². The van der Waals surface area contributed by atoms with Crippen LogP contribution in [0, 0.1) is 5.82 Å². The number of ether oxygens (including phenoxy) is 1. The van der Waals surface area contributed by atoms with E-state index in [1.165, 1.54) is 28.8 Å². The molecule has 1 aromatic carbocycles. The van der Waals surface area contributed by atoms with Gasteiger partial charge in [-0.15, -0.1) is 0 Å². The number of hydrogen-bond donors (Lipinski definition) is 1. The van der Waals surface area contributed by atoms with Gasteiger partial charge in [-0.3, -0.25) is 9.69 Å². The smallest absolute Gasteiger partial charge is 0.266 e. The van der Waals surface area contributed by atoms with Crippen LogP contribution in [0.25, 0.3) is 6.08 Å². The molecule has 24 heavy (non-hydrogen) atoms. The molecule has 0 unspecified atom stereocenters. The Balaban J connectivity index is 1.56. The van der Waals surface area contributed by atoms with Crippen LogP contribution in [-0.4, -0.2) is 54.5 Å². The largest absolute Gasteiger partial charge is 0.370 e. The van der Waals surface area contributed by atoms with Crippen LogP contribution in [0.15, 0.2) is 29.2 Å². The van der Waals surface area contributed by atoms with E-state index in [1.807, 2.05) is 0 Å². The second kappa shape index (κ2) is 8.20. The summed E-state index contributed by atoms with van der Waals surface area (Å²) >= 11 is 6.66. The van der Waals surface area contributed by atoms with Gasteiger partial charge < -0.3 is 9.64 Å². The Morgan fingerprint density at radius 1 is 1.29 bits per heavy atom. The van der Waals surface area contributed by atoms with E-state index in [9.17, 15) is 9.18 Å². The van der Waals surface area contributed by atoms with Crippen LogP contribution < -0.4 is 4.90 Å². The molecule has 1 aromatic rings. The first-order valence-electron chi connectivity index (χ1n) is 8.06. The molecule has 1 amide bonds. The molecule has 0 bridgehead atoms. The number of nitrogens with zero attached hydrogens (tertiary/aromatic N) is 1. The van der Waals surface area contributed by atoms with E-state index in [0.717, 1.165) is 44.8 Å². The van der Waals surface area contributed by atoms with Crippen molar-refractivity contribution in [3.05, 3.63) is 40.6 Å². The zero-order valence-corrected chi connectivity index (χ0v) is 14.9. The molecule has 128 valence electrons. The van der Waals surface area contributed by atoms with Crippen LogP contribution in [0.5, 0.6) is 0 Å². The maximum atomic E-state index is 13.0. The summed E-state index contributed by atoms with van der Waals surface area (Å²) in [5, 5.41) is 0. The third-order valence-electron chi connectivity index (χ3n) is 4.15. The van der Waals surface area contributed by atoms with Gasteiger partial charge in [0.1, 0.15) is 23.2 Å². The first-order valence-corrected chi connectivity index (χ1v) is 9.28. The molecule has 3 rings (SSSR count). The summed E-state index contributed by atoms with van der Waals surface area (Å²) in [6.45, 7) is 5.37. The molecule has 1 N–H and O–H groups in total. The van der Waals surface area contributed by atoms with Crippen molar-refractivity contribution in [2.24, 2.45) is 0 Å². The lowest BCUT2D eigenvalue weighted by Crippen LogP contribution is -3.14. The average molecular weight is 367 g/mol. The van der Waals surface area contributed by atoms with Crippen molar-refractivity contribution in [3.63, 3.8) is 0 Å². The van der Waals surface area contributed by atoms with E-state index in [2.05, 4.69) is 0 Å². The van der Waals surface area contributed by atoms with Gasteiger partial charge in [0.2, 0.25) is 0 Å². The number of rotatable bonds is 5. The van der Waals surface area contributed by atoms with Gasteiger partial charge in [0, 0.05) is 13.0 Å². The van der Waals surface area contributed by atoms with E-state index in [4.69, 9.17) is 17.0 Å². The number of quaternary nitrogens is 1. The first-order chi connectivity index (χ1) is 11.6. The predicted octanol–water partition coefficient (Wildman–Crippen LogP) is 1.33. The Bertz CT molecular complexity index is 642. The number of thioether (sulfide) groups is 1. The van der Waals surface area contributed by atoms with E-state index in [1.54, 1.807) is 23.1 Å². The van der Waals surface area contributed by atoms with Gasteiger partial charge >= 0.3 is 0 Å². The maximum absolute atomic E-state index is 13.0. The lowest BCUT2D eigenvalue weighted by atomic mass is 10.2. The van der Waals surface area contributed by atoms with Crippen LogP contribution in [0.3, 0.4) is 0 Å². The second-order valence-electron chi connectivity index (χ2n) is 5.85. The predicted molar refractivity (Wildman–Crippen MR) is 97.3 cm³/mol. The number of benzene rings is 1. The number of halogens is 1. The highest BCUT2D eigenvalue weighted by Gasteiger charge is 2.31. The number of amides is 1. The monoisotopic (exact) mass is 367 g/mol. The molecule has 2 aliphatic rings. The van der Waals surface area contributed by atoms with Gasteiger partial charge in [-0.05, 0) is 23.8 Å². The molecule has 4 nitrogen and oxygen atoms in total. The van der Waals surface area contributed by atoms with Gasteiger partial charge in [0.05, 0.1) is 24.7 Å². The van der Waals surface area contributed by atoms with Gasteiger partial charge in [0.15, 0.2) is 0 Å². The highest BCUT2D eigenvalue weighted by Crippen LogP contribution is 2.32. The van der Waals surface area contributed by atoms with Crippen LogP contribution in [0.2, 0.25) is 0 Å². The molecular formula is C17H20FN2O2S2+. The number of nitrogens with one attached hydrogen (secondary N) is 1. The SMILES string of the molecule is O=C1/C(=C/c2ccc(F)cc2)SC(=S)N1CCC[NH+]1CCOCC1. The summed E-state index contributed by atoms with van der Waals surface area (Å²) < 4.78 is 18.9. The van der Waals surface area contributed by atoms with Crippen LogP contribution in [0.4, 0.5) is 4.39 Å². The standard InChI is InChI=1S/C17H19FN2O2S2/c18-14-4-2-13(3-5-14)12-15-16(21)20(17(23)24-15)7-1-6-19-8-10-22-11-9-19/h2-5,12H,1,6-11H2/p+1/b15-12-. The zero-order valence-electron chi connectivity index (χ0n) is 13.3. The van der Waals surface area contributed by atoms with E-state index >= 15 is 0 Å². The molecular weight excluding hydrogens is 347 g/mol. The molecule has 0 aromatic heterocycles. The van der Waals surface area contributed by atoms with Gasteiger partial charge in [0.25, 0.3) is 5.91 Å². The minimum absolute atomic E-state index is 0.0497. The topological polar surface area (TPSA) is 34.0 Å². The molecule has 2 saturated heterocycles. The molecule has 0 saturated carbocycles. The van der Waals surface area contributed by atoms with Gasteiger partial charge in [-0.25, -0.2) is 4.39 Å². The lowest BCUT2D eigenvalue weighted by molar-refractivity contribution is -0.908. The Labute approximate surface area is 150 Å². The van der Waals surface area contributed by atoms with E-state index in [-0.39, 0.29) is 11.7 Å². The van der Waals surface area contributed by atoms with E-state index in [0.29, 0.717) is 15.8 Å². The van der Waals surface area contributed by atoms with Crippen molar-refractivity contribution in [1.29, 1.82) is 0 Å². The summed E-state index contributed by atoms with van der Waals surface area (Å²) in [5.74, 6) is -0.336. The lowest BCUT2D eigenvalue weighted by Gasteiger charge is -2.24. The third kappa shape index (κ3) is 4.42. The quantitative estimate of drug-likeness (QED) is 0.629. The number of carbonyl (C=O) groups is 1. The fraction of sp³-hybridized carbons (Fsp3) is 0.412. The van der Waals surface area contributed by atoms with Crippen molar-refractivity contribution in [3.8, 4) is 0 Å². The van der Waals surface area contributed by atoms with Crippen molar-refractivity contribution in [2.75, 3.05) is 39.4 Å². The van der Waals surface area contributed by atoms with Crippen molar-refractivity contribution >= 4 is 40.3 Å². The second-order valence-corrected chi connectivity index (χ2v) is 7.53. The molecule has 0 radical (unpaired) electrons. The summed E-state index contributed by atoms with van der Waals surface area (Å²) in [4.78, 5) is 16.3.